The Morgan fingerprint density at radius 3 is 2.20 bits per heavy atom. The molecule has 136 valence electrons. The first-order valence-electron chi connectivity index (χ1n) is 7.30. The molecule has 25 heavy (non-hydrogen) atoms. The first-order chi connectivity index (χ1) is 11.7. The summed E-state index contributed by atoms with van der Waals surface area (Å²) in [5.41, 5.74) is -0.915. The maximum absolute atomic E-state index is 12.6. The zero-order chi connectivity index (χ0) is 18.7. The van der Waals surface area contributed by atoms with Gasteiger partial charge in [0, 0.05) is 26.2 Å². The van der Waals surface area contributed by atoms with Crippen molar-refractivity contribution >= 4 is 16.1 Å². The minimum absolute atomic E-state index is 0.0484. The SMILES string of the molecule is C#CCNC(=O)N1CCN(S(=O)(=O)c2ccc(C(F)(F)F)cc2)CC1. The first-order valence-corrected chi connectivity index (χ1v) is 8.74. The number of benzene rings is 1. The molecule has 1 aliphatic rings. The molecule has 6 nitrogen and oxygen atoms in total. The van der Waals surface area contributed by atoms with E-state index in [-0.39, 0.29) is 43.7 Å². The van der Waals surface area contributed by atoms with Gasteiger partial charge in [0.05, 0.1) is 17.0 Å². The second kappa shape index (κ2) is 7.33. The van der Waals surface area contributed by atoms with Gasteiger partial charge >= 0.3 is 12.2 Å². The fourth-order valence-corrected chi connectivity index (χ4v) is 3.76. The van der Waals surface area contributed by atoms with Gasteiger partial charge in [0.1, 0.15) is 0 Å². The molecule has 1 aliphatic heterocycles. The number of halogens is 3. The molecular weight excluding hydrogens is 359 g/mol. The number of terminal acetylenes is 1. The van der Waals surface area contributed by atoms with Crippen molar-refractivity contribution in [2.45, 2.75) is 11.1 Å². The molecule has 0 bridgehead atoms. The Labute approximate surface area is 143 Å². The van der Waals surface area contributed by atoms with Crippen LogP contribution in [0.3, 0.4) is 0 Å². The van der Waals surface area contributed by atoms with Crippen molar-refractivity contribution in [1.29, 1.82) is 0 Å². The lowest BCUT2D eigenvalue weighted by atomic mass is 10.2. The lowest BCUT2D eigenvalue weighted by Gasteiger charge is -2.33. The summed E-state index contributed by atoms with van der Waals surface area (Å²) in [7, 11) is -3.92. The Kier molecular flexibility index (Phi) is 5.59. The summed E-state index contributed by atoms with van der Waals surface area (Å²) in [6.07, 6.45) is 0.518. The van der Waals surface area contributed by atoms with E-state index in [9.17, 15) is 26.4 Å². The average molecular weight is 375 g/mol. The molecule has 2 amide bonds. The molecule has 0 saturated carbocycles. The van der Waals surface area contributed by atoms with Crippen LogP contribution in [0.2, 0.25) is 0 Å². The fraction of sp³-hybridized carbons (Fsp3) is 0.400. The number of hydrogen-bond donors (Lipinski definition) is 1. The summed E-state index contributed by atoms with van der Waals surface area (Å²) in [5.74, 6) is 2.26. The van der Waals surface area contributed by atoms with E-state index in [1.807, 2.05) is 0 Å². The van der Waals surface area contributed by atoms with E-state index in [1.54, 1.807) is 0 Å². The summed E-state index contributed by atoms with van der Waals surface area (Å²) in [6, 6.07) is 2.95. The van der Waals surface area contributed by atoms with Gasteiger partial charge in [-0.15, -0.1) is 6.42 Å². The molecule has 1 heterocycles. The predicted molar refractivity (Wildman–Crippen MR) is 84.0 cm³/mol. The number of amides is 2. The minimum Gasteiger partial charge on any atom is -0.327 e. The van der Waals surface area contributed by atoms with Gasteiger partial charge in [-0.2, -0.15) is 17.5 Å². The van der Waals surface area contributed by atoms with Crippen LogP contribution < -0.4 is 5.32 Å². The molecule has 2 rings (SSSR count). The monoisotopic (exact) mass is 375 g/mol. The highest BCUT2D eigenvalue weighted by Gasteiger charge is 2.33. The Morgan fingerprint density at radius 2 is 1.72 bits per heavy atom. The van der Waals surface area contributed by atoms with E-state index in [0.29, 0.717) is 0 Å². The van der Waals surface area contributed by atoms with Crippen LogP contribution in [0, 0.1) is 12.3 Å². The zero-order valence-corrected chi connectivity index (χ0v) is 13.9. The Balaban J connectivity index is 2.04. The standard InChI is InChI=1S/C15H16F3N3O3S/c1-2-7-19-14(22)20-8-10-21(11-9-20)25(23,24)13-5-3-12(4-6-13)15(16,17)18/h1,3-6H,7-11H2,(H,19,22). The van der Waals surface area contributed by atoms with Crippen LogP contribution >= 0.6 is 0 Å². The van der Waals surface area contributed by atoms with Crippen LogP contribution in [0.5, 0.6) is 0 Å². The van der Waals surface area contributed by atoms with Crippen molar-refractivity contribution < 1.29 is 26.4 Å². The average Bonchev–Trinajstić information content (AvgIpc) is 2.59. The second-order valence-electron chi connectivity index (χ2n) is 5.28. The molecule has 1 fully saturated rings. The van der Waals surface area contributed by atoms with E-state index in [4.69, 9.17) is 6.42 Å². The number of alkyl halides is 3. The van der Waals surface area contributed by atoms with Crippen molar-refractivity contribution in [3.05, 3.63) is 29.8 Å². The molecule has 0 aliphatic carbocycles. The molecule has 1 aromatic carbocycles. The molecular formula is C15H16F3N3O3S. The number of rotatable bonds is 3. The number of carbonyl (C=O) groups excluding carboxylic acids is 1. The number of piperazine rings is 1. The van der Waals surface area contributed by atoms with E-state index < -0.39 is 21.8 Å². The van der Waals surface area contributed by atoms with E-state index in [1.165, 1.54) is 4.90 Å². The summed E-state index contributed by atoms with van der Waals surface area (Å²) in [5, 5.41) is 2.48. The number of nitrogens with zero attached hydrogens (tertiary/aromatic N) is 2. The summed E-state index contributed by atoms with van der Waals surface area (Å²) in [4.78, 5) is 13.0. The van der Waals surface area contributed by atoms with Crippen LogP contribution in [-0.4, -0.2) is 56.4 Å². The van der Waals surface area contributed by atoms with Gasteiger partial charge in [0.25, 0.3) is 0 Å². The van der Waals surface area contributed by atoms with Crippen molar-refractivity contribution in [3.8, 4) is 12.3 Å². The third-order valence-corrected chi connectivity index (χ3v) is 5.60. The number of urea groups is 1. The van der Waals surface area contributed by atoms with Gasteiger partial charge in [-0.05, 0) is 24.3 Å². The predicted octanol–water partition coefficient (Wildman–Crippen LogP) is 1.35. The molecule has 1 N–H and O–H groups in total. The lowest BCUT2D eigenvalue weighted by Crippen LogP contribution is -2.53. The highest BCUT2D eigenvalue weighted by Crippen LogP contribution is 2.30. The maximum atomic E-state index is 12.6. The van der Waals surface area contributed by atoms with E-state index in [0.717, 1.165) is 28.6 Å². The van der Waals surface area contributed by atoms with Crippen LogP contribution in [0.1, 0.15) is 5.56 Å². The molecule has 1 saturated heterocycles. The second-order valence-corrected chi connectivity index (χ2v) is 7.21. The minimum atomic E-state index is -4.53. The van der Waals surface area contributed by atoms with Gasteiger partial charge < -0.3 is 10.2 Å². The van der Waals surface area contributed by atoms with Crippen LogP contribution in [-0.2, 0) is 16.2 Å². The molecule has 0 spiro atoms. The molecule has 0 aromatic heterocycles. The van der Waals surface area contributed by atoms with Crippen molar-refractivity contribution in [3.63, 3.8) is 0 Å². The highest BCUT2D eigenvalue weighted by atomic mass is 32.2. The van der Waals surface area contributed by atoms with Crippen molar-refractivity contribution in [2.75, 3.05) is 32.7 Å². The van der Waals surface area contributed by atoms with Gasteiger partial charge in [-0.1, -0.05) is 5.92 Å². The number of nitrogens with one attached hydrogen (secondary N) is 1. The van der Waals surface area contributed by atoms with Crippen molar-refractivity contribution in [1.82, 2.24) is 14.5 Å². The van der Waals surface area contributed by atoms with Crippen molar-refractivity contribution in [2.24, 2.45) is 0 Å². The smallest absolute Gasteiger partial charge is 0.327 e. The van der Waals surface area contributed by atoms with E-state index in [2.05, 4.69) is 11.2 Å². The topological polar surface area (TPSA) is 69.7 Å². The first kappa shape index (κ1) is 19.1. The number of sulfonamides is 1. The number of hydrogen-bond acceptors (Lipinski definition) is 3. The Bertz CT molecular complexity index is 762. The lowest BCUT2D eigenvalue weighted by molar-refractivity contribution is -0.137. The summed E-state index contributed by atoms with van der Waals surface area (Å²) in [6.45, 7) is 0.495. The zero-order valence-electron chi connectivity index (χ0n) is 13.1. The van der Waals surface area contributed by atoms with Crippen LogP contribution in [0.4, 0.5) is 18.0 Å². The fourth-order valence-electron chi connectivity index (χ4n) is 2.33. The van der Waals surface area contributed by atoms with E-state index >= 15 is 0 Å². The third kappa shape index (κ3) is 4.43. The quantitative estimate of drug-likeness (QED) is 0.811. The summed E-state index contributed by atoms with van der Waals surface area (Å²) < 4.78 is 63.8. The van der Waals surface area contributed by atoms with Gasteiger partial charge in [-0.25, -0.2) is 13.2 Å². The third-order valence-electron chi connectivity index (χ3n) is 3.69. The van der Waals surface area contributed by atoms with Crippen LogP contribution in [0.15, 0.2) is 29.2 Å². The Hall–Kier alpha value is -2.25. The molecule has 0 unspecified atom stereocenters. The van der Waals surface area contributed by atoms with Gasteiger partial charge in [0.15, 0.2) is 0 Å². The number of carbonyl (C=O) groups is 1. The van der Waals surface area contributed by atoms with Gasteiger partial charge in [-0.3, -0.25) is 0 Å². The van der Waals surface area contributed by atoms with Crippen LogP contribution in [0.25, 0.3) is 0 Å². The molecule has 10 heteroatoms. The largest absolute Gasteiger partial charge is 0.416 e. The maximum Gasteiger partial charge on any atom is 0.416 e. The van der Waals surface area contributed by atoms with Gasteiger partial charge in [0.2, 0.25) is 10.0 Å². The molecule has 1 aromatic rings. The summed E-state index contributed by atoms with van der Waals surface area (Å²) >= 11 is 0. The highest BCUT2D eigenvalue weighted by molar-refractivity contribution is 7.89. The molecule has 0 radical (unpaired) electrons. The Morgan fingerprint density at radius 1 is 1.16 bits per heavy atom. The normalized spacial score (nSPS) is 16.3. The molecule has 0 atom stereocenters.